The normalized spacial score (nSPS) is 12.3. The van der Waals surface area contributed by atoms with Crippen molar-refractivity contribution in [1.82, 2.24) is 10.3 Å². The van der Waals surface area contributed by atoms with Crippen LogP contribution in [0.1, 0.15) is 49.1 Å². The Labute approximate surface area is 188 Å². The highest BCUT2D eigenvalue weighted by molar-refractivity contribution is 9.10. The van der Waals surface area contributed by atoms with E-state index < -0.39 is 42.0 Å². The number of aromatic nitrogens is 1. The molecule has 5 nitrogen and oxygen atoms in total. The number of amides is 1. The lowest BCUT2D eigenvalue weighted by atomic mass is 9.97. The van der Waals surface area contributed by atoms with E-state index >= 15 is 0 Å². The van der Waals surface area contributed by atoms with Crippen molar-refractivity contribution in [1.29, 1.82) is 0 Å². The molecule has 0 bridgehead atoms. The summed E-state index contributed by atoms with van der Waals surface area (Å²) in [5, 5.41) is 11.6. The average Bonchev–Trinajstić information content (AvgIpc) is 2.76. The molecule has 10 heteroatoms. The van der Waals surface area contributed by atoms with E-state index in [1.54, 1.807) is 0 Å². The molecule has 0 radical (unpaired) electrons. The average molecular weight is 511 g/mol. The summed E-state index contributed by atoms with van der Waals surface area (Å²) in [4.78, 5) is 27.9. The van der Waals surface area contributed by atoms with Gasteiger partial charge in [0.1, 0.15) is 6.67 Å². The molecule has 1 atom stereocenters. The Morgan fingerprint density at radius 3 is 2.34 bits per heavy atom. The van der Waals surface area contributed by atoms with Crippen molar-refractivity contribution in [2.75, 3.05) is 0 Å². The topological polar surface area (TPSA) is 79.3 Å². The molecule has 1 aromatic heterocycles. The summed E-state index contributed by atoms with van der Waals surface area (Å²) >= 11 is 3.07. The van der Waals surface area contributed by atoms with Crippen LogP contribution >= 0.6 is 15.9 Å². The molecule has 1 heterocycles. The number of rotatable bonds is 6. The summed E-state index contributed by atoms with van der Waals surface area (Å²) in [7, 11) is 0. The van der Waals surface area contributed by atoms with Gasteiger partial charge in [-0.15, -0.1) is 0 Å². The van der Waals surface area contributed by atoms with Crippen molar-refractivity contribution in [3.05, 3.63) is 98.8 Å². The predicted octanol–water partition coefficient (Wildman–Crippen LogP) is 5.55. The van der Waals surface area contributed by atoms with Gasteiger partial charge in [-0.1, -0.05) is 24.3 Å². The summed E-state index contributed by atoms with van der Waals surface area (Å²) in [6.07, 6.45) is -3.55. The number of alkyl halides is 4. The number of carbonyl (C=O) groups excluding carboxylic acids is 1. The van der Waals surface area contributed by atoms with Crippen LogP contribution < -0.4 is 5.32 Å². The minimum atomic E-state index is -4.72. The summed E-state index contributed by atoms with van der Waals surface area (Å²) in [5.41, 5.74) is -0.921. The Morgan fingerprint density at radius 1 is 1.09 bits per heavy atom. The number of carbonyl (C=O) groups is 2. The third kappa shape index (κ3) is 5.13. The lowest BCUT2D eigenvalue weighted by Gasteiger charge is -2.22. The molecule has 0 aliphatic heterocycles. The first-order valence-electron chi connectivity index (χ1n) is 9.12. The molecule has 3 rings (SSSR count). The number of carboxylic acid groups (broad SMARTS) is 1. The van der Waals surface area contributed by atoms with Gasteiger partial charge in [0.25, 0.3) is 5.91 Å². The fourth-order valence-corrected chi connectivity index (χ4v) is 3.59. The molecule has 1 amide bonds. The number of carboxylic acids is 1. The van der Waals surface area contributed by atoms with Crippen molar-refractivity contribution in [3.8, 4) is 0 Å². The van der Waals surface area contributed by atoms with Crippen LogP contribution in [0.2, 0.25) is 0 Å². The highest BCUT2D eigenvalue weighted by Crippen LogP contribution is 2.35. The van der Waals surface area contributed by atoms with E-state index in [4.69, 9.17) is 5.11 Å². The minimum Gasteiger partial charge on any atom is -0.478 e. The van der Waals surface area contributed by atoms with Crippen LogP contribution in [0, 0.1) is 0 Å². The lowest BCUT2D eigenvalue weighted by Crippen LogP contribution is -2.31. The SMILES string of the molecule is O=C(N[C@@H](c1ccc(CF)cc1)c1ncccc1C(F)(F)F)c1ccc(C(=O)O)c(Br)c1. The third-order valence-electron chi connectivity index (χ3n) is 4.62. The van der Waals surface area contributed by atoms with E-state index in [9.17, 15) is 27.2 Å². The zero-order valence-corrected chi connectivity index (χ0v) is 17.7. The quantitative estimate of drug-likeness (QED) is 0.426. The van der Waals surface area contributed by atoms with E-state index in [0.717, 1.165) is 12.1 Å². The predicted molar refractivity (Wildman–Crippen MR) is 111 cm³/mol. The maximum atomic E-state index is 13.6. The number of pyridine rings is 1. The molecule has 0 aliphatic rings. The zero-order valence-electron chi connectivity index (χ0n) is 16.2. The van der Waals surface area contributed by atoms with Gasteiger partial charge >= 0.3 is 12.1 Å². The van der Waals surface area contributed by atoms with Crippen molar-refractivity contribution in [2.24, 2.45) is 0 Å². The monoisotopic (exact) mass is 510 g/mol. The Balaban J connectivity index is 2.05. The molecule has 0 spiro atoms. The number of hydrogen-bond acceptors (Lipinski definition) is 3. The summed E-state index contributed by atoms with van der Waals surface area (Å²) in [6, 6.07) is 10.0. The molecule has 0 aliphatic carbocycles. The van der Waals surface area contributed by atoms with Crippen LogP contribution in [0.25, 0.3) is 0 Å². The van der Waals surface area contributed by atoms with Crippen LogP contribution in [0.4, 0.5) is 17.6 Å². The smallest absolute Gasteiger partial charge is 0.418 e. The molecule has 2 aromatic carbocycles. The number of benzene rings is 2. The Bertz CT molecular complexity index is 1150. The number of nitrogens with one attached hydrogen (secondary N) is 1. The van der Waals surface area contributed by atoms with Gasteiger partial charge < -0.3 is 10.4 Å². The van der Waals surface area contributed by atoms with Gasteiger partial charge in [0.15, 0.2) is 0 Å². The fraction of sp³-hybridized carbons (Fsp3) is 0.136. The summed E-state index contributed by atoms with van der Waals surface area (Å²) in [5.74, 6) is -1.96. The number of halogens is 5. The zero-order chi connectivity index (χ0) is 23.5. The maximum absolute atomic E-state index is 13.6. The van der Waals surface area contributed by atoms with Crippen molar-refractivity contribution < 1.29 is 32.3 Å². The second kappa shape index (κ2) is 9.47. The van der Waals surface area contributed by atoms with Crippen molar-refractivity contribution in [2.45, 2.75) is 18.9 Å². The molecule has 0 saturated carbocycles. The fourth-order valence-electron chi connectivity index (χ4n) is 3.04. The van der Waals surface area contributed by atoms with E-state index in [1.165, 1.54) is 48.7 Å². The third-order valence-corrected chi connectivity index (χ3v) is 5.28. The van der Waals surface area contributed by atoms with Crippen LogP contribution in [0.3, 0.4) is 0 Å². The highest BCUT2D eigenvalue weighted by Gasteiger charge is 2.37. The van der Waals surface area contributed by atoms with Crippen LogP contribution in [-0.2, 0) is 12.9 Å². The van der Waals surface area contributed by atoms with Crippen molar-refractivity contribution in [3.63, 3.8) is 0 Å². The maximum Gasteiger partial charge on any atom is 0.418 e. The Hall–Kier alpha value is -3.27. The van der Waals surface area contributed by atoms with E-state index in [1.807, 2.05) is 0 Å². The lowest BCUT2D eigenvalue weighted by molar-refractivity contribution is -0.138. The standard InChI is InChI=1S/C22H15BrF4N2O3/c23-17-10-14(7-8-15(17)21(31)32)20(30)29-18(13-5-3-12(11-24)4-6-13)19-16(22(25,26)27)2-1-9-28-19/h1-10,18H,11H2,(H,29,30)(H,31,32)/t18-/m0/s1. The Morgan fingerprint density at radius 2 is 1.78 bits per heavy atom. The minimum absolute atomic E-state index is 0.0248. The van der Waals surface area contributed by atoms with Crippen LogP contribution in [-0.4, -0.2) is 22.0 Å². The molecule has 2 N–H and O–H groups in total. The van der Waals surface area contributed by atoms with Crippen molar-refractivity contribution >= 4 is 27.8 Å². The molecule has 0 fully saturated rings. The highest BCUT2D eigenvalue weighted by atomic mass is 79.9. The number of aromatic carboxylic acids is 1. The number of nitrogens with zero attached hydrogens (tertiary/aromatic N) is 1. The van der Waals surface area contributed by atoms with Gasteiger partial charge in [-0.3, -0.25) is 9.78 Å². The van der Waals surface area contributed by atoms with Crippen LogP contribution in [0.15, 0.2) is 65.3 Å². The van der Waals surface area contributed by atoms with Gasteiger partial charge in [0.2, 0.25) is 0 Å². The first kappa shape index (κ1) is 23.4. The van der Waals surface area contributed by atoms with Gasteiger partial charge in [0, 0.05) is 16.2 Å². The first-order valence-corrected chi connectivity index (χ1v) is 9.91. The molecule has 0 saturated heterocycles. The van der Waals surface area contributed by atoms with Gasteiger partial charge in [-0.2, -0.15) is 13.2 Å². The first-order chi connectivity index (χ1) is 15.1. The van der Waals surface area contributed by atoms with E-state index in [2.05, 4.69) is 26.2 Å². The largest absolute Gasteiger partial charge is 0.478 e. The second-order valence-corrected chi connectivity index (χ2v) is 7.57. The van der Waals surface area contributed by atoms with Gasteiger partial charge in [-0.05, 0) is 57.4 Å². The second-order valence-electron chi connectivity index (χ2n) is 6.72. The van der Waals surface area contributed by atoms with Gasteiger partial charge in [0.05, 0.1) is 22.9 Å². The molecule has 32 heavy (non-hydrogen) atoms. The molecular formula is C22H15BrF4N2O3. The van der Waals surface area contributed by atoms with E-state index in [0.29, 0.717) is 5.56 Å². The van der Waals surface area contributed by atoms with Gasteiger partial charge in [-0.25, -0.2) is 9.18 Å². The molecule has 166 valence electrons. The number of hydrogen-bond donors (Lipinski definition) is 2. The van der Waals surface area contributed by atoms with E-state index in [-0.39, 0.29) is 21.2 Å². The summed E-state index contributed by atoms with van der Waals surface area (Å²) < 4.78 is 53.9. The summed E-state index contributed by atoms with van der Waals surface area (Å²) in [6.45, 7) is -0.751. The van der Waals surface area contributed by atoms with Crippen LogP contribution in [0.5, 0.6) is 0 Å². The molecular weight excluding hydrogens is 496 g/mol. The Kier molecular flexibility index (Phi) is 6.93. The molecule has 0 unspecified atom stereocenters. The molecule has 3 aromatic rings.